The van der Waals surface area contributed by atoms with Crippen molar-refractivity contribution in [2.75, 3.05) is 32.7 Å². The molecule has 2 aliphatic heterocycles. The van der Waals surface area contributed by atoms with Gasteiger partial charge >= 0.3 is 5.97 Å². The van der Waals surface area contributed by atoms with Crippen molar-refractivity contribution in [1.82, 2.24) is 10.2 Å². The standard InChI is InChI=1S/C11H20N2O2/c14-11(15)10(9-3-4-12-7-9)8-13-5-1-2-6-13/h9-10,12H,1-8H2,(H,14,15). The fourth-order valence-electron chi connectivity index (χ4n) is 2.69. The third-order valence-corrected chi connectivity index (χ3v) is 3.64. The van der Waals surface area contributed by atoms with E-state index in [1.165, 1.54) is 12.8 Å². The van der Waals surface area contributed by atoms with Gasteiger partial charge in [-0.3, -0.25) is 4.79 Å². The number of nitrogens with zero attached hydrogens (tertiary/aromatic N) is 1. The van der Waals surface area contributed by atoms with Gasteiger partial charge in [0.15, 0.2) is 0 Å². The molecule has 0 aromatic heterocycles. The van der Waals surface area contributed by atoms with Gasteiger partial charge in [0.25, 0.3) is 0 Å². The number of likely N-dealkylation sites (tertiary alicyclic amines) is 1. The van der Waals surface area contributed by atoms with Gasteiger partial charge in [-0.15, -0.1) is 0 Å². The molecule has 0 saturated carbocycles. The Bertz CT molecular complexity index is 221. The third kappa shape index (κ3) is 2.69. The first-order valence-corrected chi connectivity index (χ1v) is 5.93. The molecule has 2 N–H and O–H groups in total. The van der Waals surface area contributed by atoms with Crippen LogP contribution >= 0.6 is 0 Å². The smallest absolute Gasteiger partial charge is 0.308 e. The van der Waals surface area contributed by atoms with Crippen molar-refractivity contribution in [3.63, 3.8) is 0 Å². The molecular formula is C11H20N2O2. The highest BCUT2D eigenvalue weighted by Crippen LogP contribution is 2.22. The fourth-order valence-corrected chi connectivity index (χ4v) is 2.69. The monoisotopic (exact) mass is 212 g/mol. The summed E-state index contributed by atoms with van der Waals surface area (Å²) >= 11 is 0. The minimum Gasteiger partial charge on any atom is -0.481 e. The lowest BCUT2D eigenvalue weighted by molar-refractivity contribution is -0.144. The van der Waals surface area contributed by atoms with Crippen LogP contribution in [0.1, 0.15) is 19.3 Å². The lowest BCUT2D eigenvalue weighted by Gasteiger charge is -2.24. The third-order valence-electron chi connectivity index (χ3n) is 3.64. The predicted molar refractivity (Wildman–Crippen MR) is 57.8 cm³/mol. The molecule has 4 nitrogen and oxygen atoms in total. The molecule has 15 heavy (non-hydrogen) atoms. The summed E-state index contributed by atoms with van der Waals surface area (Å²) in [7, 11) is 0. The van der Waals surface area contributed by atoms with Gasteiger partial charge in [-0.1, -0.05) is 0 Å². The largest absolute Gasteiger partial charge is 0.481 e. The predicted octanol–water partition coefficient (Wildman–Crippen LogP) is 0.392. The topological polar surface area (TPSA) is 52.6 Å². The van der Waals surface area contributed by atoms with E-state index in [4.69, 9.17) is 0 Å². The lowest BCUT2D eigenvalue weighted by atomic mass is 9.91. The highest BCUT2D eigenvalue weighted by Gasteiger charge is 2.32. The van der Waals surface area contributed by atoms with Crippen LogP contribution in [0.2, 0.25) is 0 Å². The zero-order valence-electron chi connectivity index (χ0n) is 9.11. The molecule has 2 unspecified atom stereocenters. The Morgan fingerprint density at radius 2 is 2.20 bits per heavy atom. The normalized spacial score (nSPS) is 29.5. The molecule has 2 atom stereocenters. The Morgan fingerprint density at radius 3 is 2.73 bits per heavy atom. The van der Waals surface area contributed by atoms with Gasteiger partial charge in [-0.2, -0.15) is 0 Å². The van der Waals surface area contributed by atoms with Gasteiger partial charge in [0.1, 0.15) is 0 Å². The van der Waals surface area contributed by atoms with Gasteiger partial charge in [0.2, 0.25) is 0 Å². The van der Waals surface area contributed by atoms with E-state index in [1.807, 2.05) is 0 Å². The molecule has 2 aliphatic rings. The van der Waals surface area contributed by atoms with Crippen LogP contribution in [0.15, 0.2) is 0 Å². The fraction of sp³-hybridized carbons (Fsp3) is 0.909. The molecule has 2 heterocycles. The van der Waals surface area contributed by atoms with Crippen LogP contribution in [0.4, 0.5) is 0 Å². The van der Waals surface area contributed by atoms with E-state index in [2.05, 4.69) is 10.2 Å². The van der Waals surface area contributed by atoms with Gasteiger partial charge in [0.05, 0.1) is 5.92 Å². The van der Waals surface area contributed by atoms with E-state index in [0.29, 0.717) is 5.92 Å². The minimum atomic E-state index is -0.615. The molecule has 0 aliphatic carbocycles. The molecule has 86 valence electrons. The maximum atomic E-state index is 11.2. The molecule has 4 heteroatoms. The Hall–Kier alpha value is -0.610. The molecule has 2 saturated heterocycles. The Balaban J connectivity index is 1.89. The average molecular weight is 212 g/mol. The van der Waals surface area contributed by atoms with E-state index in [0.717, 1.165) is 39.1 Å². The maximum Gasteiger partial charge on any atom is 0.308 e. The van der Waals surface area contributed by atoms with Gasteiger partial charge < -0.3 is 15.3 Å². The second-order valence-corrected chi connectivity index (χ2v) is 4.71. The maximum absolute atomic E-state index is 11.2. The second-order valence-electron chi connectivity index (χ2n) is 4.71. The Labute approximate surface area is 90.6 Å². The second kappa shape index (κ2) is 4.94. The first kappa shape index (κ1) is 10.9. The number of carboxylic acid groups (broad SMARTS) is 1. The zero-order valence-corrected chi connectivity index (χ0v) is 9.11. The zero-order chi connectivity index (χ0) is 10.7. The van der Waals surface area contributed by atoms with Crippen molar-refractivity contribution < 1.29 is 9.90 Å². The number of hydrogen-bond acceptors (Lipinski definition) is 3. The van der Waals surface area contributed by atoms with Gasteiger partial charge in [-0.25, -0.2) is 0 Å². The van der Waals surface area contributed by atoms with E-state index >= 15 is 0 Å². The summed E-state index contributed by atoms with van der Waals surface area (Å²) in [4.78, 5) is 13.5. The van der Waals surface area contributed by atoms with Crippen LogP contribution in [0.3, 0.4) is 0 Å². The lowest BCUT2D eigenvalue weighted by Crippen LogP contribution is -2.36. The van der Waals surface area contributed by atoms with Crippen LogP contribution in [0.5, 0.6) is 0 Å². The van der Waals surface area contributed by atoms with Crippen molar-refractivity contribution >= 4 is 5.97 Å². The van der Waals surface area contributed by atoms with E-state index in [1.54, 1.807) is 0 Å². The first-order chi connectivity index (χ1) is 7.27. The van der Waals surface area contributed by atoms with E-state index in [-0.39, 0.29) is 5.92 Å². The molecule has 0 aromatic carbocycles. The number of carbonyl (C=O) groups is 1. The summed E-state index contributed by atoms with van der Waals surface area (Å²) in [6, 6.07) is 0. The molecule has 0 spiro atoms. The molecule has 0 aromatic rings. The van der Waals surface area contributed by atoms with Gasteiger partial charge in [-0.05, 0) is 51.4 Å². The van der Waals surface area contributed by atoms with E-state index in [9.17, 15) is 9.90 Å². The van der Waals surface area contributed by atoms with Crippen molar-refractivity contribution in [3.8, 4) is 0 Å². The summed E-state index contributed by atoms with van der Waals surface area (Å²) in [5.74, 6) is -0.447. The molecule has 0 amide bonds. The van der Waals surface area contributed by atoms with Gasteiger partial charge in [0, 0.05) is 6.54 Å². The first-order valence-electron chi connectivity index (χ1n) is 5.93. The summed E-state index contributed by atoms with van der Waals surface area (Å²) in [5, 5.41) is 12.5. The van der Waals surface area contributed by atoms with Crippen LogP contribution < -0.4 is 5.32 Å². The van der Waals surface area contributed by atoms with Crippen molar-refractivity contribution in [2.24, 2.45) is 11.8 Å². The summed E-state index contributed by atoms with van der Waals surface area (Å²) in [6.07, 6.45) is 3.48. The SMILES string of the molecule is O=C(O)C(CN1CCCC1)C1CCNC1. The van der Waals surface area contributed by atoms with Crippen molar-refractivity contribution in [1.29, 1.82) is 0 Å². The summed E-state index contributed by atoms with van der Waals surface area (Å²) in [6.45, 7) is 4.79. The average Bonchev–Trinajstić information content (AvgIpc) is 2.87. The number of hydrogen-bond donors (Lipinski definition) is 2. The van der Waals surface area contributed by atoms with Crippen LogP contribution in [0, 0.1) is 11.8 Å². The summed E-state index contributed by atoms with van der Waals surface area (Å²) < 4.78 is 0. The minimum absolute atomic E-state index is 0.168. The number of nitrogens with one attached hydrogen (secondary N) is 1. The molecule has 0 radical (unpaired) electrons. The number of carboxylic acids is 1. The Kier molecular flexibility index (Phi) is 3.59. The van der Waals surface area contributed by atoms with Crippen LogP contribution in [0.25, 0.3) is 0 Å². The highest BCUT2D eigenvalue weighted by atomic mass is 16.4. The van der Waals surface area contributed by atoms with Crippen LogP contribution in [-0.2, 0) is 4.79 Å². The van der Waals surface area contributed by atoms with Crippen LogP contribution in [-0.4, -0.2) is 48.7 Å². The molecule has 2 rings (SSSR count). The molecule has 2 fully saturated rings. The van der Waals surface area contributed by atoms with Crippen molar-refractivity contribution in [3.05, 3.63) is 0 Å². The number of aliphatic carboxylic acids is 1. The Morgan fingerprint density at radius 1 is 1.47 bits per heavy atom. The van der Waals surface area contributed by atoms with E-state index < -0.39 is 5.97 Å². The molecule has 0 bridgehead atoms. The van der Waals surface area contributed by atoms with Crippen molar-refractivity contribution in [2.45, 2.75) is 19.3 Å². The summed E-state index contributed by atoms with van der Waals surface area (Å²) in [5.41, 5.74) is 0. The highest BCUT2D eigenvalue weighted by molar-refractivity contribution is 5.70. The number of rotatable bonds is 4. The quantitative estimate of drug-likeness (QED) is 0.708. The molecular weight excluding hydrogens is 192 g/mol.